The van der Waals surface area contributed by atoms with Gasteiger partial charge in [-0.05, 0) is 76.3 Å². The van der Waals surface area contributed by atoms with Gasteiger partial charge >= 0.3 is 0 Å². The molecule has 318 valence electrons. The quantitative estimate of drug-likeness (QED) is 0.153. The molecule has 0 aliphatic carbocycles. The second kappa shape index (κ2) is 16.5. The largest absolute Gasteiger partial charge is 0.309 e. The van der Waals surface area contributed by atoms with E-state index < -0.39 is 0 Å². The summed E-state index contributed by atoms with van der Waals surface area (Å²) in [6.07, 6.45) is 2.02. The molecule has 13 rings (SSSR count). The summed E-state index contributed by atoms with van der Waals surface area (Å²) in [4.78, 5) is 21.2. The number of pyridine rings is 1. The van der Waals surface area contributed by atoms with Crippen molar-refractivity contribution in [3.63, 3.8) is 0 Å². The number of hydrogen-bond donors (Lipinski definition) is 0. The predicted octanol–water partition coefficient (Wildman–Crippen LogP) is 16.4. The number of fused-ring (bicyclic) bond motifs is 7. The number of aromatic nitrogens is 5. The molecule has 0 atom stereocenters. The predicted molar refractivity (Wildman–Crippen MR) is 283 cm³/mol. The Morgan fingerprint density at radius 2 is 0.897 bits per heavy atom. The van der Waals surface area contributed by atoms with Gasteiger partial charge in [0.2, 0.25) is 0 Å². The highest BCUT2D eigenvalue weighted by Gasteiger charge is 2.22. The molecule has 5 nitrogen and oxygen atoms in total. The lowest BCUT2D eigenvalue weighted by molar-refractivity contribution is 1.07. The smallest absolute Gasteiger partial charge is 0.166 e. The van der Waals surface area contributed by atoms with Crippen LogP contribution in [0.25, 0.3) is 126 Å². The second-order valence-corrected chi connectivity index (χ2v) is 18.1. The summed E-state index contributed by atoms with van der Waals surface area (Å²) in [7, 11) is 0. The molecular formula is C62H39N5S. The Kier molecular flexibility index (Phi) is 9.62. The summed E-state index contributed by atoms with van der Waals surface area (Å²) < 4.78 is 4.87. The standard InChI is InChI=1S/C62H39N5S/c1-6-18-40(19-7-1)44-30-32-48(41-20-8-2-9-21-41)51(36-44)46-38-53(62-65-60(42-22-10-3-11-23-42)64-61(66-62)43-24-12-4-13-25-43)58(63-39-46)45-31-34-55-52(37-45)57-56(68-55)35-33-50-49-28-16-17-29-54(49)67(59(50)57)47-26-14-5-15-27-47/h1-39H. The van der Waals surface area contributed by atoms with Crippen LogP contribution in [0.15, 0.2) is 237 Å². The first-order valence-electron chi connectivity index (χ1n) is 22.8. The molecular weight excluding hydrogens is 847 g/mol. The first kappa shape index (κ1) is 39.5. The summed E-state index contributed by atoms with van der Waals surface area (Å²) >= 11 is 1.83. The van der Waals surface area contributed by atoms with Crippen LogP contribution >= 0.6 is 11.3 Å². The van der Waals surface area contributed by atoms with E-state index in [1.54, 1.807) is 0 Å². The van der Waals surface area contributed by atoms with E-state index in [1.807, 2.05) is 53.9 Å². The summed E-state index contributed by atoms with van der Waals surface area (Å²) in [6.45, 7) is 0. The highest BCUT2D eigenvalue weighted by Crippen LogP contribution is 2.45. The molecule has 0 bridgehead atoms. The van der Waals surface area contributed by atoms with Gasteiger partial charge in [-0.3, -0.25) is 4.98 Å². The van der Waals surface area contributed by atoms with Gasteiger partial charge in [-0.1, -0.05) is 182 Å². The Morgan fingerprint density at radius 1 is 0.338 bits per heavy atom. The van der Waals surface area contributed by atoms with E-state index in [9.17, 15) is 0 Å². The lowest BCUT2D eigenvalue weighted by Crippen LogP contribution is -2.02. The molecule has 9 aromatic carbocycles. The van der Waals surface area contributed by atoms with E-state index in [-0.39, 0.29) is 0 Å². The third-order valence-corrected chi connectivity index (χ3v) is 14.0. The molecule has 0 N–H and O–H groups in total. The van der Waals surface area contributed by atoms with Gasteiger partial charge in [-0.2, -0.15) is 0 Å². The van der Waals surface area contributed by atoms with Crippen LogP contribution in [0.5, 0.6) is 0 Å². The molecule has 0 aliphatic heterocycles. The van der Waals surface area contributed by atoms with Crippen molar-refractivity contribution >= 4 is 53.3 Å². The van der Waals surface area contributed by atoms with Gasteiger partial charge in [0, 0.05) is 70.6 Å². The molecule has 0 saturated carbocycles. The fourth-order valence-electron chi connectivity index (χ4n) is 9.71. The first-order chi connectivity index (χ1) is 33.7. The molecule has 0 aliphatic rings. The van der Waals surface area contributed by atoms with Gasteiger partial charge in [-0.25, -0.2) is 15.0 Å². The van der Waals surface area contributed by atoms with Crippen LogP contribution in [-0.2, 0) is 0 Å². The van der Waals surface area contributed by atoms with E-state index in [2.05, 4.69) is 199 Å². The average Bonchev–Trinajstić information content (AvgIpc) is 3.97. The van der Waals surface area contributed by atoms with Crippen LogP contribution in [0.2, 0.25) is 0 Å². The Balaban J connectivity index is 1.09. The number of thiophene rings is 1. The molecule has 0 unspecified atom stereocenters. The molecule has 6 heteroatoms. The van der Waals surface area contributed by atoms with Gasteiger partial charge in [0.05, 0.1) is 16.7 Å². The minimum absolute atomic E-state index is 0.546. The summed E-state index contributed by atoms with van der Waals surface area (Å²) in [5.41, 5.74) is 14.4. The molecule has 0 amide bonds. The minimum Gasteiger partial charge on any atom is -0.309 e. The number of rotatable bonds is 8. The van der Waals surface area contributed by atoms with Crippen LogP contribution in [0.1, 0.15) is 0 Å². The lowest BCUT2D eigenvalue weighted by atomic mass is 9.90. The fourth-order valence-corrected chi connectivity index (χ4v) is 10.8. The van der Waals surface area contributed by atoms with Gasteiger partial charge in [0.1, 0.15) is 0 Å². The summed E-state index contributed by atoms with van der Waals surface area (Å²) in [6, 6.07) is 81.2. The summed E-state index contributed by atoms with van der Waals surface area (Å²) in [5, 5.41) is 4.86. The third-order valence-electron chi connectivity index (χ3n) is 12.9. The average molecular weight is 886 g/mol. The number of para-hydroxylation sites is 2. The highest BCUT2D eigenvalue weighted by molar-refractivity contribution is 7.26. The lowest BCUT2D eigenvalue weighted by Gasteiger charge is -2.16. The van der Waals surface area contributed by atoms with Crippen molar-refractivity contribution in [2.45, 2.75) is 0 Å². The number of hydrogen-bond acceptors (Lipinski definition) is 5. The van der Waals surface area contributed by atoms with Gasteiger partial charge in [0.25, 0.3) is 0 Å². The van der Waals surface area contributed by atoms with Crippen molar-refractivity contribution in [2.24, 2.45) is 0 Å². The van der Waals surface area contributed by atoms with Crippen molar-refractivity contribution in [1.29, 1.82) is 0 Å². The van der Waals surface area contributed by atoms with Crippen molar-refractivity contribution in [1.82, 2.24) is 24.5 Å². The fraction of sp³-hybridized carbons (Fsp3) is 0. The Morgan fingerprint density at radius 3 is 1.59 bits per heavy atom. The first-order valence-corrected chi connectivity index (χ1v) is 23.6. The molecule has 0 radical (unpaired) electrons. The number of nitrogens with zero attached hydrogens (tertiary/aromatic N) is 5. The SMILES string of the molecule is c1ccc(-c2ccc(-c3ccccc3)c(-c3cnc(-c4ccc5sc6ccc7c8ccccc8n(-c8ccccc8)c7c6c5c4)c(-c4nc(-c5ccccc5)nc(-c5ccccc5)n4)c3)c2)cc1. The second-order valence-electron chi connectivity index (χ2n) is 17.0. The van der Waals surface area contributed by atoms with E-state index in [4.69, 9.17) is 19.9 Å². The zero-order valence-electron chi connectivity index (χ0n) is 36.7. The Hall–Kier alpha value is -8.84. The molecule has 4 aromatic heterocycles. The van der Waals surface area contributed by atoms with Crippen molar-refractivity contribution in [3.8, 4) is 84.5 Å². The maximum atomic E-state index is 5.47. The van der Waals surface area contributed by atoms with E-state index in [1.165, 1.54) is 42.0 Å². The van der Waals surface area contributed by atoms with Crippen LogP contribution in [0.4, 0.5) is 0 Å². The third kappa shape index (κ3) is 6.86. The van der Waals surface area contributed by atoms with Crippen molar-refractivity contribution in [2.75, 3.05) is 0 Å². The van der Waals surface area contributed by atoms with Gasteiger partial charge < -0.3 is 4.57 Å². The molecule has 0 fully saturated rings. The van der Waals surface area contributed by atoms with Crippen molar-refractivity contribution in [3.05, 3.63) is 237 Å². The Bertz CT molecular complexity index is 3940. The van der Waals surface area contributed by atoms with Crippen LogP contribution in [0, 0.1) is 0 Å². The van der Waals surface area contributed by atoms with Crippen LogP contribution in [0.3, 0.4) is 0 Å². The monoisotopic (exact) mass is 885 g/mol. The molecule has 0 saturated heterocycles. The van der Waals surface area contributed by atoms with Crippen LogP contribution in [-0.4, -0.2) is 24.5 Å². The van der Waals surface area contributed by atoms with Crippen molar-refractivity contribution < 1.29 is 0 Å². The van der Waals surface area contributed by atoms with Crippen LogP contribution < -0.4 is 0 Å². The zero-order chi connectivity index (χ0) is 45.0. The molecule has 4 heterocycles. The van der Waals surface area contributed by atoms with Gasteiger partial charge in [0.15, 0.2) is 17.5 Å². The number of benzene rings is 9. The topological polar surface area (TPSA) is 56.5 Å². The molecule has 68 heavy (non-hydrogen) atoms. The van der Waals surface area contributed by atoms with Gasteiger partial charge in [-0.15, -0.1) is 11.3 Å². The highest BCUT2D eigenvalue weighted by atomic mass is 32.1. The van der Waals surface area contributed by atoms with E-state index in [0.29, 0.717) is 17.5 Å². The Labute approximate surface area is 397 Å². The summed E-state index contributed by atoms with van der Waals surface area (Å²) in [5.74, 6) is 1.74. The molecule has 13 aromatic rings. The van der Waals surface area contributed by atoms with E-state index >= 15 is 0 Å². The maximum Gasteiger partial charge on any atom is 0.166 e. The normalized spacial score (nSPS) is 11.5. The van der Waals surface area contributed by atoms with E-state index in [0.717, 1.165) is 67.0 Å². The molecule has 0 spiro atoms. The minimum atomic E-state index is 0.546. The maximum absolute atomic E-state index is 5.47. The zero-order valence-corrected chi connectivity index (χ0v) is 37.5.